The van der Waals surface area contributed by atoms with Gasteiger partial charge < -0.3 is 5.32 Å². The minimum absolute atomic E-state index is 0.973. The Bertz CT molecular complexity index is 55.9. The van der Waals surface area contributed by atoms with Gasteiger partial charge in [0.2, 0.25) is 0 Å². The average molecular weight is 157 g/mol. The van der Waals surface area contributed by atoms with Crippen LogP contribution in [0.2, 0.25) is 0 Å². The third kappa shape index (κ3) is 9.70. The van der Waals surface area contributed by atoms with Gasteiger partial charge in [-0.05, 0) is 31.8 Å². The fourth-order valence-electron chi connectivity index (χ4n) is 0.966. The van der Waals surface area contributed by atoms with Crippen molar-refractivity contribution in [3.8, 4) is 0 Å². The molecular formula is C10H23N. The lowest BCUT2D eigenvalue weighted by Gasteiger charge is -2.17. The van der Waals surface area contributed by atoms with Crippen LogP contribution in [0.15, 0.2) is 13.2 Å². The van der Waals surface area contributed by atoms with Crippen LogP contribution >= 0.6 is 0 Å². The van der Waals surface area contributed by atoms with Crippen molar-refractivity contribution in [3.63, 3.8) is 0 Å². The molecule has 1 rings (SSSR count). The second kappa shape index (κ2) is 12.4. The molecule has 0 aromatic rings. The Morgan fingerprint density at radius 3 is 1.64 bits per heavy atom. The second-order valence-corrected chi connectivity index (χ2v) is 2.43. The molecule has 1 aliphatic rings. The summed E-state index contributed by atoms with van der Waals surface area (Å²) < 4.78 is 0. The molecule has 0 aliphatic carbocycles. The van der Waals surface area contributed by atoms with Crippen molar-refractivity contribution in [1.82, 2.24) is 5.32 Å². The van der Waals surface area contributed by atoms with Gasteiger partial charge in [-0.2, -0.15) is 0 Å². The van der Waals surface area contributed by atoms with Crippen molar-refractivity contribution < 1.29 is 0 Å². The van der Waals surface area contributed by atoms with E-state index >= 15 is 0 Å². The van der Waals surface area contributed by atoms with Gasteiger partial charge in [0.25, 0.3) is 0 Å². The lowest BCUT2D eigenvalue weighted by Crippen LogP contribution is -2.26. The van der Waals surface area contributed by atoms with Crippen molar-refractivity contribution in [2.24, 2.45) is 5.92 Å². The predicted octanol–water partition coefficient (Wildman–Crippen LogP) is 2.83. The Hall–Kier alpha value is -0.300. The minimum atomic E-state index is 0.973. The van der Waals surface area contributed by atoms with Crippen LogP contribution < -0.4 is 5.32 Å². The number of piperidine rings is 1. The zero-order valence-electron chi connectivity index (χ0n) is 8.32. The second-order valence-electron chi connectivity index (χ2n) is 2.43. The van der Waals surface area contributed by atoms with Crippen LogP contribution in [0.25, 0.3) is 0 Å². The Balaban J connectivity index is 0. The van der Waals surface area contributed by atoms with Gasteiger partial charge in [-0.1, -0.05) is 20.8 Å². The van der Waals surface area contributed by atoms with Crippen LogP contribution in [0.1, 0.15) is 33.6 Å². The van der Waals surface area contributed by atoms with Crippen molar-refractivity contribution in [3.05, 3.63) is 13.2 Å². The minimum Gasteiger partial charge on any atom is -0.317 e. The highest BCUT2D eigenvalue weighted by molar-refractivity contribution is 4.62. The first kappa shape index (κ1) is 13.3. The van der Waals surface area contributed by atoms with Gasteiger partial charge in [0.05, 0.1) is 0 Å². The van der Waals surface area contributed by atoms with E-state index in [0.717, 1.165) is 5.92 Å². The Morgan fingerprint density at radius 1 is 1.09 bits per heavy atom. The monoisotopic (exact) mass is 157 g/mol. The molecule has 1 heteroatoms. The fourth-order valence-corrected chi connectivity index (χ4v) is 0.966. The molecule has 0 radical (unpaired) electrons. The molecule has 0 aromatic heterocycles. The maximum Gasteiger partial charge on any atom is -0.00464 e. The topological polar surface area (TPSA) is 12.0 Å². The smallest absolute Gasteiger partial charge is 0.00464 e. The summed E-state index contributed by atoms with van der Waals surface area (Å²) in [6.07, 6.45) is 2.75. The quantitative estimate of drug-likeness (QED) is 0.533. The van der Waals surface area contributed by atoms with Crippen molar-refractivity contribution >= 4 is 0 Å². The van der Waals surface area contributed by atoms with Gasteiger partial charge in [-0.15, -0.1) is 13.2 Å². The van der Waals surface area contributed by atoms with Crippen molar-refractivity contribution in [2.45, 2.75) is 33.6 Å². The molecule has 0 aromatic carbocycles. The highest BCUT2D eigenvalue weighted by Gasteiger charge is 2.04. The van der Waals surface area contributed by atoms with Gasteiger partial charge in [0.1, 0.15) is 0 Å². The van der Waals surface area contributed by atoms with Gasteiger partial charge >= 0.3 is 0 Å². The Labute approximate surface area is 71.9 Å². The number of hydrogen-bond donors (Lipinski definition) is 1. The lowest BCUT2D eigenvalue weighted by atomic mass is 10.0. The van der Waals surface area contributed by atoms with E-state index in [1.807, 2.05) is 13.8 Å². The fraction of sp³-hybridized carbons (Fsp3) is 0.800. The molecule has 0 saturated carbocycles. The molecule has 1 saturated heterocycles. The normalized spacial score (nSPS) is 17.0. The molecule has 0 atom stereocenters. The summed E-state index contributed by atoms with van der Waals surface area (Å²) in [5, 5.41) is 3.32. The molecule has 0 bridgehead atoms. The van der Waals surface area contributed by atoms with Crippen LogP contribution in [-0.4, -0.2) is 13.1 Å². The third-order valence-corrected chi connectivity index (χ3v) is 1.63. The molecule has 1 N–H and O–H groups in total. The molecule has 1 fully saturated rings. The van der Waals surface area contributed by atoms with Gasteiger partial charge in [-0.3, -0.25) is 0 Å². The molecule has 11 heavy (non-hydrogen) atoms. The maximum absolute atomic E-state index is 3.32. The Morgan fingerprint density at radius 2 is 1.45 bits per heavy atom. The van der Waals surface area contributed by atoms with E-state index in [2.05, 4.69) is 25.4 Å². The van der Waals surface area contributed by atoms with Gasteiger partial charge in [-0.25, -0.2) is 0 Å². The predicted molar refractivity (Wildman–Crippen MR) is 53.9 cm³/mol. The molecule has 0 unspecified atom stereocenters. The van der Waals surface area contributed by atoms with Crippen LogP contribution in [0.5, 0.6) is 0 Å². The molecule has 1 aliphatic heterocycles. The van der Waals surface area contributed by atoms with E-state index in [1.54, 1.807) is 0 Å². The van der Waals surface area contributed by atoms with Crippen molar-refractivity contribution in [2.75, 3.05) is 13.1 Å². The number of rotatable bonds is 0. The molecule has 0 spiro atoms. The number of nitrogens with one attached hydrogen (secondary N) is 1. The van der Waals surface area contributed by atoms with E-state index in [-0.39, 0.29) is 0 Å². The van der Waals surface area contributed by atoms with E-state index in [1.165, 1.54) is 25.9 Å². The molecule has 1 heterocycles. The summed E-state index contributed by atoms with van der Waals surface area (Å²) in [5.41, 5.74) is 0. The first-order chi connectivity index (χ1) is 5.39. The number of hydrogen-bond acceptors (Lipinski definition) is 1. The largest absolute Gasteiger partial charge is 0.317 e. The highest BCUT2D eigenvalue weighted by Crippen LogP contribution is 2.08. The average Bonchev–Trinajstić information content (AvgIpc) is 2.13. The zero-order valence-corrected chi connectivity index (χ0v) is 8.32. The van der Waals surface area contributed by atoms with E-state index in [0.29, 0.717) is 0 Å². The summed E-state index contributed by atoms with van der Waals surface area (Å²) >= 11 is 0. The zero-order chi connectivity index (χ0) is 9.11. The standard InChI is InChI=1S/C6H13N.C2H6.C2H4/c1-6-2-4-7-5-3-6;2*1-2/h6-7H,2-5H2,1H3;1-2H3;1-2H2. The Kier molecular flexibility index (Phi) is 15.0. The molecule has 0 amide bonds. The third-order valence-electron chi connectivity index (χ3n) is 1.63. The van der Waals surface area contributed by atoms with E-state index < -0.39 is 0 Å². The maximum atomic E-state index is 3.32. The SMILES string of the molecule is C=C.CC.CC1CCNCC1. The van der Waals surface area contributed by atoms with Crippen LogP contribution in [-0.2, 0) is 0 Å². The van der Waals surface area contributed by atoms with Crippen LogP contribution in [0.3, 0.4) is 0 Å². The summed E-state index contributed by atoms with van der Waals surface area (Å²) in [7, 11) is 0. The summed E-state index contributed by atoms with van der Waals surface area (Å²) in [5.74, 6) is 0.973. The van der Waals surface area contributed by atoms with Gasteiger partial charge in [0.15, 0.2) is 0 Å². The summed E-state index contributed by atoms with van der Waals surface area (Å²) in [6, 6.07) is 0. The first-order valence-corrected chi connectivity index (χ1v) is 4.60. The summed E-state index contributed by atoms with van der Waals surface area (Å²) in [6.45, 7) is 14.8. The molecule has 1 nitrogen and oxygen atoms in total. The first-order valence-electron chi connectivity index (χ1n) is 4.60. The van der Waals surface area contributed by atoms with E-state index in [9.17, 15) is 0 Å². The van der Waals surface area contributed by atoms with Crippen LogP contribution in [0, 0.1) is 5.92 Å². The lowest BCUT2D eigenvalue weighted by molar-refractivity contribution is 0.402. The summed E-state index contributed by atoms with van der Waals surface area (Å²) in [4.78, 5) is 0. The van der Waals surface area contributed by atoms with E-state index in [4.69, 9.17) is 0 Å². The van der Waals surface area contributed by atoms with Gasteiger partial charge in [0, 0.05) is 0 Å². The van der Waals surface area contributed by atoms with Crippen LogP contribution in [0.4, 0.5) is 0 Å². The molecular weight excluding hydrogens is 134 g/mol. The molecule has 68 valence electrons. The highest BCUT2D eigenvalue weighted by atomic mass is 14.9. The van der Waals surface area contributed by atoms with Crippen molar-refractivity contribution in [1.29, 1.82) is 0 Å².